The molecule has 1 amide bonds. The number of hydrogen-bond acceptors (Lipinski definition) is 6. The number of nitrogens with one attached hydrogen (secondary N) is 2. The van der Waals surface area contributed by atoms with Gasteiger partial charge in [-0.15, -0.1) is 0 Å². The Morgan fingerprint density at radius 1 is 1.11 bits per heavy atom. The summed E-state index contributed by atoms with van der Waals surface area (Å²) < 4.78 is 3.54. The molecule has 0 bridgehead atoms. The predicted molar refractivity (Wildman–Crippen MR) is 133 cm³/mol. The van der Waals surface area contributed by atoms with Gasteiger partial charge in [0, 0.05) is 42.7 Å². The number of hydrogen-bond donors (Lipinski definition) is 2. The highest BCUT2D eigenvalue weighted by Gasteiger charge is 2.39. The van der Waals surface area contributed by atoms with Crippen LogP contribution in [0.2, 0.25) is 0 Å². The number of benzene rings is 1. The molecule has 1 aromatic carbocycles. The zero-order valence-corrected chi connectivity index (χ0v) is 19.6. The van der Waals surface area contributed by atoms with Gasteiger partial charge >= 0.3 is 0 Å². The molecule has 4 heterocycles. The second-order valence-corrected chi connectivity index (χ2v) is 9.12. The molecule has 9 heteroatoms. The highest BCUT2D eigenvalue weighted by atomic mass is 16.1. The molecule has 6 rings (SSSR count). The third kappa shape index (κ3) is 4.21. The van der Waals surface area contributed by atoms with Gasteiger partial charge in [0.1, 0.15) is 11.5 Å². The molecule has 9 nitrogen and oxygen atoms in total. The van der Waals surface area contributed by atoms with Crippen molar-refractivity contribution in [3.8, 4) is 0 Å². The summed E-state index contributed by atoms with van der Waals surface area (Å²) in [5.41, 5.74) is 5.08. The molecule has 2 atom stereocenters. The zero-order valence-electron chi connectivity index (χ0n) is 19.6. The minimum Gasteiger partial charge on any atom is -0.364 e. The zero-order chi connectivity index (χ0) is 23.9. The van der Waals surface area contributed by atoms with E-state index in [0.29, 0.717) is 42.1 Å². The van der Waals surface area contributed by atoms with Crippen LogP contribution in [0, 0.1) is 12.8 Å². The molecule has 35 heavy (non-hydrogen) atoms. The average molecular weight is 467 g/mol. The quantitative estimate of drug-likeness (QED) is 0.381. The number of rotatable bonds is 7. The molecular formula is C26H26N8O. The molecule has 1 fully saturated rings. The van der Waals surface area contributed by atoms with E-state index in [2.05, 4.69) is 44.0 Å². The van der Waals surface area contributed by atoms with Crippen molar-refractivity contribution in [2.45, 2.75) is 25.8 Å². The summed E-state index contributed by atoms with van der Waals surface area (Å²) in [6.07, 6.45) is 2.70. The molecule has 0 spiro atoms. The summed E-state index contributed by atoms with van der Waals surface area (Å²) in [6.45, 7) is 3.12. The lowest BCUT2D eigenvalue weighted by molar-refractivity contribution is 0.0946. The van der Waals surface area contributed by atoms with Gasteiger partial charge < -0.3 is 10.6 Å². The molecule has 1 aliphatic carbocycles. The highest BCUT2D eigenvalue weighted by molar-refractivity contribution is 5.93. The van der Waals surface area contributed by atoms with Crippen molar-refractivity contribution in [3.05, 3.63) is 83.6 Å². The molecule has 0 aliphatic heterocycles. The van der Waals surface area contributed by atoms with Crippen LogP contribution in [0.1, 0.15) is 39.9 Å². The Labute approximate surface area is 202 Å². The van der Waals surface area contributed by atoms with Crippen LogP contribution < -0.4 is 10.6 Å². The van der Waals surface area contributed by atoms with Crippen molar-refractivity contribution >= 4 is 28.3 Å². The molecule has 2 N–H and O–H groups in total. The fraction of sp³-hybridized carbons (Fsp3) is 0.269. The van der Waals surface area contributed by atoms with E-state index in [-0.39, 0.29) is 5.91 Å². The second kappa shape index (κ2) is 8.50. The number of aromatic nitrogens is 6. The molecular weight excluding hydrogens is 440 g/mol. The van der Waals surface area contributed by atoms with Crippen LogP contribution in [0.25, 0.3) is 16.6 Å². The summed E-state index contributed by atoms with van der Waals surface area (Å²) in [5.74, 6) is 1.28. The van der Waals surface area contributed by atoms with Crippen LogP contribution in [0.4, 0.5) is 5.82 Å². The molecule has 2 unspecified atom stereocenters. The summed E-state index contributed by atoms with van der Waals surface area (Å²) in [5, 5.41) is 16.3. The first-order valence-electron chi connectivity index (χ1n) is 11.8. The monoisotopic (exact) mass is 466 g/mol. The SMILES string of the molecule is Cc1cc(CNc2cc(C(=O)NCC3CC3c3ccc4ccccc4n3)nc3ccnn23)n(C)n1. The van der Waals surface area contributed by atoms with Crippen LogP contribution in [-0.2, 0) is 13.6 Å². The van der Waals surface area contributed by atoms with Crippen LogP contribution in [0.3, 0.4) is 0 Å². The first-order chi connectivity index (χ1) is 17.0. The average Bonchev–Trinajstić information content (AvgIpc) is 3.35. The first kappa shape index (κ1) is 21.3. The Morgan fingerprint density at radius 3 is 2.86 bits per heavy atom. The Balaban J connectivity index is 1.13. The summed E-state index contributed by atoms with van der Waals surface area (Å²) >= 11 is 0. The standard InChI is InChI=1S/C26H26N8O/c1-16-11-19(33(2)32-16)15-27-25-13-23(31-24-9-10-29-34(24)25)26(35)28-14-18-12-20(18)22-8-7-17-5-3-4-6-21(17)30-22/h3-11,13,18,20,27H,12,14-15H2,1-2H3,(H,28,35). The molecule has 176 valence electrons. The number of carbonyl (C=O) groups excluding carboxylic acids is 1. The van der Waals surface area contributed by atoms with E-state index >= 15 is 0 Å². The van der Waals surface area contributed by atoms with E-state index in [1.807, 2.05) is 42.9 Å². The van der Waals surface area contributed by atoms with Gasteiger partial charge in [0.25, 0.3) is 5.91 Å². The number of para-hydroxylation sites is 1. The third-order valence-corrected chi connectivity index (χ3v) is 6.59. The molecule has 1 aliphatic rings. The number of nitrogens with zero attached hydrogens (tertiary/aromatic N) is 6. The fourth-order valence-electron chi connectivity index (χ4n) is 4.60. The Bertz CT molecular complexity index is 1550. The maximum Gasteiger partial charge on any atom is 0.270 e. The van der Waals surface area contributed by atoms with Crippen molar-refractivity contribution in [2.24, 2.45) is 13.0 Å². The van der Waals surface area contributed by atoms with E-state index in [1.165, 1.54) is 0 Å². The van der Waals surface area contributed by atoms with Crippen LogP contribution in [-0.4, -0.2) is 41.8 Å². The number of anilines is 1. The lowest BCUT2D eigenvalue weighted by atomic mass is 10.1. The third-order valence-electron chi connectivity index (χ3n) is 6.59. The number of amides is 1. The van der Waals surface area contributed by atoms with Crippen LogP contribution >= 0.6 is 0 Å². The maximum absolute atomic E-state index is 13.0. The van der Waals surface area contributed by atoms with Gasteiger partial charge in [-0.3, -0.25) is 14.5 Å². The van der Waals surface area contributed by atoms with Gasteiger partial charge in [-0.25, -0.2) is 4.98 Å². The van der Waals surface area contributed by atoms with E-state index in [0.717, 1.165) is 34.4 Å². The smallest absolute Gasteiger partial charge is 0.270 e. The van der Waals surface area contributed by atoms with Crippen molar-refractivity contribution in [1.82, 2.24) is 34.7 Å². The summed E-state index contributed by atoms with van der Waals surface area (Å²) in [6, 6.07) is 17.9. The summed E-state index contributed by atoms with van der Waals surface area (Å²) in [4.78, 5) is 22.3. The van der Waals surface area contributed by atoms with Crippen molar-refractivity contribution < 1.29 is 4.79 Å². The highest BCUT2D eigenvalue weighted by Crippen LogP contribution is 2.46. The fourth-order valence-corrected chi connectivity index (χ4v) is 4.60. The molecule has 4 aromatic heterocycles. The number of aryl methyl sites for hydroxylation is 2. The second-order valence-electron chi connectivity index (χ2n) is 9.12. The van der Waals surface area contributed by atoms with Gasteiger partial charge in [0.05, 0.1) is 29.6 Å². The van der Waals surface area contributed by atoms with E-state index in [1.54, 1.807) is 22.8 Å². The number of pyridine rings is 1. The van der Waals surface area contributed by atoms with Gasteiger partial charge in [-0.05, 0) is 37.5 Å². The normalized spacial score (nSPS) is 17.1. The Kier molecular flexibility index (Phi) is 5.17. The van der Waals surface area contributed by atoms with Gasteiger partial charge in [0.15, 0.2) is 5.65 Å². The van der Waals surface area contributed by atoms with E-state index in [9.17, 15) is 4.79 Å². The lowest BCUT2D eigenvalue weighted by Crippen LogP contribution is -2.27. The largest absolute Gasteiger partial charge is 0.364 e. The Hall–Kier alpha value is -4.27. The van der Waals surface area contributed by atoms with Crippen LogP contribution in [0.5, 0.6) is 0 Å². The molecule has 5 aromatic rings. The number of fused-ring (bicyclic) bond motifs is 2. The predicted octanol–water partition coefficient (Wildman–Crippen LogP) is 3.47. The molecule has 0 saturated heterocycles. The van der Waals surface area contributed by atoms with E-state index in [4.69, 9.17) is 4.98 Å². The minimum atomic E-state index is -0.190. The first-order valence-corrected chi connectivity index (χ1v) is 11.8. The van der Waals surface area contributed by atoms with Crippen LogP contribution in [0.15, 0.2) is 60.8 Å². The van der Waals surface area contributed by atoms with Crippen molar-refractivity contribution in [3.63, 3.8) is 0 Å². The lowest BCUT2D eigenvalue weighted by Gasteiger charge is -2.11. The maximum atomic E-state index is 13.0. The molecule has 1 saturated carbocycles. The Morgan fingerprint density at radius 2 is 2.00 bits per heavy atom. The van der Waals surface area contributed by atoms with Gasteiger partial charge in [0.2, 0.25) is 0 Å². The van der Waals surface area contributed by atoms with E-state index < -0.39 is 0 Å². The van der Waals surface area contributed by atoms with Gasteiger partial charge in [-0.2, -0.15) is 14.7 Å². The van der Waals surface area contributed by atoms with Gasteiger partial charge in [-0.1, -0.05) is 24.3 Å². The topological polar surface area (TPSA) is 102 Å². The summed E-state index contributed by atoms with van der Waals surface area (Å²) in [7, 11) is 1.91. The number of carbonyl (C=O) groups is 1. The minimum absolute atomic E-state index is 0.190. The van der Waals surface area contributed by atoms with Crippen molar-refractivity contribution in [2.75, 3.05) is 11.9 Å². The van der Waals surface area contributed by atoms with Crippen molar-refractivity contribution in [1.29, 1.82) is 0 Å². The molecule has 0 radical (unpaired) electrons.